The van der Waals surface area contributed by atoms with Gasteiger partial charge in [-0.05, 0) is 0 Å². The maximum absolute atomic E-state index is 11.0. The van der Waals surface area contributed by atoms with Crippen LogP contribution in [0.1, 0.15) is 0 Å². The van der Waals surface area contributed by atoms with E-state index in [4.69, 9.17) is 0 Å². The second kappa shape index (κ2) is 8.71. The fourth-order valence-corrected chi connectivity index (χ4v) is 1.69. The lowest BCUT2D eigenvalue weighted by atomic mass is 10.6. The van der Waals surface area contributed by atoms with Crippen molar-refractivity contribution in [1.29, 1.82) is 0 Å². The Balaban J connectivity index is 3.50. The molecule has 78 valence electrons. The van der Waals surface area contributed by atoms with Gasteiger partial charge in [0.1, 0.15) is 0 Å². The zero-order chi connectivity index (χ0) is 10.8. The number of carbonyl (C=O) groups is 2. The Kier molecular flexibility index (Phi) is 8.16. The lowest BCUT2D eigenvalue weighted by Gasteiger charge is -2.01. The zero-order valence-corrected chi connectivity index (χ0v) is 9.25. The van der Waals surface area contributed by atoms with E-state index >= 15 is 0 Å². The average molecular weight is 232 g/mol. The van der Waals surface area contributed by atoms with Gasteiger partial charge in [0.2, 0.25) is 0 Å². The number of rotatable bonds is 4. The van der Waals surface area contributed by atoms with E-state index in [1.165, 1.54) is 0 Å². The standard InChI is InChI=1S/C8H12N2O2S2/c1-3-5-9-7(11)13-14-8(12)10-6-4-2/h3-4H,1-2,5-6H2,(H,9,11)(H,10,12). The fourth-order valence-electron chi connectivity index (χ4n) is 0.446. The van der Waals surface area contributed by atoms with Gasteiger partial charge in [-0.15, -0.1) is 13.2 Å². The van der Waals surface area contributed by atoms with Crippen LogP contribution in [0.3, 0.4) is 0 Å². The second-order valence-electron chi connectivity index (χ2n) is 2.08. The van der Waals surface area contributed by atoms with Crippen molar-refractivity contribution in [3.63, 3.8) is 0 Å². The summed E-state index contributed by atoms with van der Waals surface area (Å²) in [6, 6.07) is 0. The van der Waals surface area contributed by atoms with Crippen LogP contribution in [0.15, 0.2) is 25.3 Å². The first-order valence-corrected chi connectivity index (χ1v) is 5.97. The molecule has 2 N–H and O–H groups in total. The predicted molar refractivity (Wildman–Crippen MR) is 62.4 cm³/mol. The molecule has 6 heteroatoms. The number of hydrogen-bond donors (Lipinski definition) is 2. The average Bonchev–Trinajstić information content (AvgIpc) is 2.20. The molecule has 0 fully saturated rings. The molecule has 0 aromatic rings. The van der Waals surface area contributed by atoms with Gasteiger partial charge in [-0.25, -0.2) is 0 Å². The highest BCUT2D eigenvalue weighted by molar-refractivity contribution is 8.87. The molecule has 0 aliphatic rings. The monoisotopic (exact) mass is 232 g/mol. The van der Waals surface area contributed by atoms with Crippen LogP contribution in [0, 0.1) is 0 Å². The largest absolute Gasteiger partial charge is 0.343 e. The van der Waals surface area contributed by atoms with Crippen molar-refractivity contribution in [3.8, 4) is 0 Å². The minimum Gasteiger partial charge on any atom is -0.343 e. The summed E-state index contributed by atoms with van der Waals surface area (Å²) in [5.74, 6) is 0. The highest BCUT2D eigenvalue weighted by Crippen LogP contribution is 2.21. The van der Waals surface area contributed by atoms with Gasteiger partial charge in [0, 0.05) is 34.7 Å². The van der Waals surface area contributed by atoms with Crippen molar-refractivity contribution in [2.24, 2.45) is 0 Å². The zero-order valence-electron chi connectivity index (χ0n) is 7.62. The smallest absolute Gasteiger partial charge is 0.290 e. The predicted octanol–water partition coefficient (Wildman–Crippen LogP) is 2.16. The first kappa shape index (κ1) is 13.1. The molecule has 0 spiro atoms. The van der Waals surface area contributed by atoms with Crippen LogP contribution in [0.4, 0.5) is 9.59 Å². The molecule has 0 radical (unpaired) electrons. The molecule has 14 heavy (non-hydrogen) atoms. The quantitative estimate of drug-likeness (QED) is 0.576. The Morgan fingerprint density at radius 1 is 1.00 bits per heavy atom. The van der Waals surface area contributed by atoms with Crippen LogP contribution in [0.25, 0.3) is 0 Å². The number of hydrogen-bond acceptors (Lipinski definition) is 4. The molecule has 2 amide bonds. The van der Waals surface area contributed by atoms with E-state index < -0.39 is 0 Å². The first-order valence-electron chi connectivity index (χ1n) is 3.82. The first-order chi connectivity index (χ1) is 6.70. The molecule has 0 aromatic heterocycles. The topological polar surface area (TPSA) is 58.2 Å². The molecule has 4 nitrogen and oxygen atoms in total. The summed E-state index contributed by atoms with van der Waals surface area (Å²) in [6.45, 7) is 7.70. The molecule has 0 heterocycles. The molecule has 0 rings (SSSR count). The summed E-state index contributed by atoms with van der Waals surface area (Å²) in [7, 11) is 1.69. The summed E-state index contributed by atoms with van der Waals surface area (Å²) in [5.41, 5.74) is 0. The molecular weight excluding hydrogens is 220 g/mol. The van der Waals surface area contributed by atoms with Gasteiger partial charge in [0.15, 0.2) is 0 Å². The maximum Gasteiger partial charge on any atom is 0.290 e. The van der Waals surface area contributed by atoms with Gasteiger partial charge in [-0.1, -0.05) is 12.2 Å². The Labute approximate surface area is 91.0 Å². The molecule has 0 aliphatic carbocycles. The second-order valence-corrected chi connectivity index (χ2v) is 4.16. The summed E-state index contributed by atoms with van der Waals surface area (Å²) < 4.78 is 0. The van der Waals surface area contributed by atoms with Crippen molar-refractivity contribution < 1.29 is 9.59 Å². The third kappa shape index (κ3) is 7.75. The molecule has 0 unspecified atom stereocenters. The van der Waals surface area contributed by atoms with Crippen LogP contribution in [-0.4, -0.2) is 23.6 Å². The SMILES string of the molecule is C=CCNC(=O)SSC(=O)NCC=C. The van der Waals surface area contributed by atoms with Crippen LogP contribution in [0.2, 0.25) is 0 Å². The van der Waals surface area contributed by atoms with Gasteiger partial charge in [-0.3, -0.25) is 9.59 Å². The van der Waals surface area contributed by atoms with E-state index in [1.54, 1.807) is 12.2 Å². The van der Waals surface area contributed by atoms with Crippen molar-refractivity contribution in [1.82, 2.24) is 10.6 Å². The number of carbonyl (C=O) groups excluding carboxylic acids is 2. The molecule has 0 aromatic carbocycles. The summed E-state index contributed by atoms with van der Waals surface area (Å²) in [4.78, 5) is 21.9. The molecular formula is C8H12N2O2S2. The summed E-state index contributed by atoms with van der Waals surface area (Å²) in [6.07, 6.45) is 3.14. The van der Waals surface area contributed by atoms with E-state index in [9.17, 15) is 9.59 Å². The third-order valence-electron chi connectivity index (χ3n) is 0.975. The van der Waals surface area contributed by atoms with E-state index in [0.29, 0.717) is 13.1 Å². The van der Waals surface area contributed by atoms with Gasteiger partial charge < -0.3 is 10.6 Å². The maximum atomic E-state index is 11.0. The van der Waals surface area contributed by atoms with Gasteiger partial charge in [0.05, 0.1) is 0 Å². The number of amides is 2. The number of nitrogens with one attached hydrogen (secondary N) is 2. The van der Waals surface area contributed by atoms with Crippen molar-refractivity contribution in [3.05, 3.63) is 25.3 Å². The van der Waals surface area contributed by atoms with Crippen molar-refractivity contribution >= 4 is 32.1 Å². The van der Waals surface area contributed by atoms with Crippen LogP contribution in [-0.2, 0) is 0 Å². The summed E-state index contributed by atoms with van der Waals surface area (Å²) in [5, 5.41) is 4.54. The molecule has 0 saturated heterocycles. The van der Waals surface area contributed by atoms with Crippen LogP contribution >= 0.6 is 21.6 Å². The van der Waals surface area contributed by atoms with Crippen molar-refractivity contribution in [2.75, 3.05) is 13.1 Å². The van der Waals surface area contributed by atoms with E-state index in [1.807, 2.05) is 0 Å². The Morgan fingerprint density at radius 3 is 1.64 bits per heavy atom. The van der Waals surface area contributed by atoms with E-state index in [-0.39, 0.29) is 10.5 Å². The molecule has 0 saturated carbocycles. The van der Waals surface area contributed by atoms with Gasteiger partial charge >= 0.3 is 0 Å². The lowest BCUT2D eigenvalue weighted by Crippen LogP contribution is -2.20. The minimum atomic E-state index is -0.261. The lowest BCUT2D eigenvalue weighted by molar-refractivity contribution is 0.260. The highest BCUT2D eigenvalue weighted by Gasteiger charge is 2.06. The highest BCUT2D eigenvalue weighted by atomic mass is 33.1. The minimum absolute atomic E-state index is 0.261. The molecule has 0 bridgehead atoms. The Hall–Kier alpha value is -0.880. The van der Waals surface area contributed by atoms with Crippen LogP contribution < -0.4 is 10.6 Å². The fraction of sp³-hybridized carbons (Fsp3) is 0.250. The van der Waals surface area contributed by atoms with Crippen molar-refractivity contribution in [2.45, 2.75) is 0 Å². The van der Waals surface area contributed by atoms with E-state index in [0.717, 1.165) is 21.6 Å². The molecule has 0 atom stereocenters. The van der Waals surface area contributed by atoms with Crippen LogP contribution in [0.5, 0.6) is 0 Å². The van der Waals surface area contributed by atoms with Gasteiger partial charge in [-0.2, -0.15) is 0 Å². The van der Waals surface area contributed by atoms with E-state index in [2.05, 4.69) is 23.8 Å². The Morgan fingerprint density at radius 2 is 1.36 bits per heavy atom. The normalized spacial score (nSPS) is 8.86. The van der Waals surface area contributed by atoms with Gasteiger partial charge in [0.25, 0.3) is 10.5 Å². The third-order valence-corrected chi connectivity index (χ3v) is 2.81. The summed E-state index contributed by atoms with van der Waals surface area (Å²) >= 11 is 0. The molecule has 0 aliphatic heterocycles. The Bertz CT molecular complexity index is 207.